The molecule has 2 aliphatic heterocycles. The number of carbonyl (C=O) groups excluding carboxylic acids is 1. The number of likely N-dealkylation sites (tertiary alicyclic amines) is 1. The molecule has 3 rings (SSSR count). The van der Waals surface area contributed by atoms with E-state index in [4.69, 9.17) is 0 Å². The molecule has 0 spiro atoms. The van der Waals surface area contributed by atoms with Gasteiger partial charge < -0.3 is 5.32 Å². The van der Waals surface area contributed by atoms with Crippen molar-refractivity contribution >= 4 is 15.7 Å². The summed E-state index contributed by atoms with van der Waals surface area (Å²) in [6.45, 7) is 4.04. The van der Waals surface area contributed by atoms with E-state index in [1.165, 1.54) is 0 Å². The van der Waals surface area contributed by atoms with Crippen LogP contribution in [0.5, 0.6) is 0 Å². The first-order valence-electron chi connectivity index (χ1n) is 8.14. The van der Waals surface area contributed by atoms with Crippen LogP contribution >= 0.6 is 0 Å². The lowest BCUT2D eigenvalue weighted by Gasteiger charge is -2.24. The van der Waals surface area contributed by atoms with Gasteiger partial charge in [-0.05, 0) is 38.3 Å². The molecule has 1 aromatic rings. The van der Waals surface area contributed by atoms with Crippen molar-refractivity contribution in [3.8, 4) is 0 Å². The van der Waals surface area contributed by atoms with E-state index in [9.17, 15) is 13.2 Å². The zero-order chi connectivity index (χ0) is 16.4. The standard InChI is InChI=1S/C15H24N4O3S/c1-12-7-16-19(8-12)9-14-3-2-5-18(14)10-15(20)17-13-4-6-23(21,22)11-13/h7-8,13-14H,2-6,9-11H2,1H3,(H,17,20)/t13-,14+/m1/s1. The fraction of sp³-hybridized carbons (Fsp3) is 0.733. The van der Waals surface area contributed by atoms with Gasteiger partial charge in [0.15, 0.2) is 9.84 Å². The van der Waals surface area contributed by atoms with Crippen LogP contribution < -0.4 is 5.32 Å². The van der Waals surface area contributed by atoms with Crippen LogP contribution in [0.25, 0.3) is 0 Å². The highest BCUT2D eigenvalue weighted by molar-refractivity contribution is 7.91. The van der Waals surface area contributed by atoms with Crippen molar-refractivity contribution in [1.82, 2.24) is 20.0 Å². The molecule has 0 saturated carbocycles. The number of aromatic nitrogens is 2. The van der Waals surface area contributed by atoms with Gasteiger partial charge in [0.25, 0.3) is 0 Å². The number of nitrogens with zero attached hydrogens (tertiary/aromatic N) is 3. The molecule has 0 radical (unpaired) electrons. The maximum atomic E-state index is 12.2. The molecule has 1 N–H and O–H groups in total. The summed E-state index contributed by atoms with van der Waals surface area (Å²) in [5, 5.41) is 7.18. The molecule has 3 heterocycles. The van der Waals surface area contributed by atoms with Crippen molar-refractivity contribution < 1.29 is 13.2 Å². The molecule has 0 aliphatic carbocycles. The molecule has 128 valence electrons. The number of carbonyl (C=O) groups is 1. The Hall–Kier alpha value is -1.41. The molecule has 1 aromatic heterocycles. The van der Waals surface area contributed by atoms with Gasteiger partial charge in [0, 0.05) is 18.3 Å². The molecule has 7 nitrogen and oxygen atoms in total. The van der Waals surface area contributed by atoms with E-state index in [1.54, 1.807) is 0 Å². The van der Waals surface area contributed by atoms with Crippen molar-refractivity contribution in [3.05, 3.63) is 18.0 Å². The van der Waals surface area contributed by atoms with Crippen molar-refractivity contribution in [3.63, 3.8) is 0 Å². The van der Waals surface area contributed by atoms with Crippen LogP contribution in [0.1, 0.15) is 24.8 Å². The van der Waals surface area contributed by atoms with Gasteiger partial charge in [-0.3, -0.25) is 14.4 Å². The van der Waals surface area contributed by atoms with E-state index in [1.807, 2.05) is 24.0 Å². The summed E-state index contributed by atoms with van der Waals surface area (Å²) < 4.78 is 24.8. The highest BCUT2D eigenvalue weighted by Crippen LogP contribution is 2.19. The third kappa shape index (κ3) is 4.32. The van der Waals surface area contributed by atoms with Gasteiger partial charge in [0.05, 0.1) is 30.8 Å². The van der Waals surface area contributed by atoms with Crippen LogP contribution in [-0.2, 0) is 21.2 Å². The summed E-state index contributed by atoms with van der Waals surface area (Å²) in [7, 11) is -2.96. The summed E-state index contributed by atoms with van der Waals surface area (Å²) in [6, 6.07) is 0.0923. The van der Waals surface area contributed by atoms with Gasteiger partial charge >= 0.3 is 0 Å². The van der Waals surface area contributed by atoms with E-state index in [2.05, 4.69) is 15.3 Å². The van der Waals surface area contributed by atoms with Crippen molar-refractivity contribution in [2.24, 2.45) is 0 Å². The Balaban J connectivity index is 1.51. The topological polar surface area (TPSA) is 84.3 Å². The van der Waals surface area contributed by atoms with E-state index >= 15 is 0 Å². The predicted molar refractivity (Wildman–Crippen MR) is 86.8 cm³/mol. The molecule has 2 atom stereocenters. The molecule has 2 saturated heterocycles. The summed E-state index contributed by atoms with van der Waals surface area (Å²) in [4.78, 5) is 14.4. The lowest BCUT2D eigenvalue weighted by Crippen LogP contribution is -2.45. The number of hydrogen-bond donors (Lipinski definition) is 1. The normalized spacial score (nSPS) is 27.3. The van der Waals surface area contributed by atoms with Crippen molar-refractivity contribution in [1.29, 1.82) is 0 Å². The molecule has 0 aromatic carbocycles. The highest BCUT2D eigenvalue weighted by atomic mass is 32.2. The van der Waals surface area contributed by atoms with Crippen molar-refractivity contribution in [2.75, 3.05) is 24.6 Å². The Morgan fingerprint density at radius 1 is 1.43 bits per heavy atom. The van der Waals surface area contributed by atoms with Gasteiger partial charge in [-0.25, -0.2) is 8.42 Å². The molecular formula is C15H24N4O3S. The first-order chi connectivity index (χ1) is 10.9. The monoisotopic (exact) mass is 340 g/mol. The average molecular weight is 340 g/mol. The minimum absolute atomic E-state index is 0.0735. The summed E-state index contributed by atoms with van der Waals surface area (Å²) in [6.07, 6.45) is 6.52. The van der Waals surface area contributed by atoms with Crippen molar-refractivity contribution in [2.45, 2.75) is 44.8 Å². The SMILES string of the molecule is Cc1cnn(C[C@@H]2CCCN2CC(=O)N[C@@H]2CCS(=O)(=O)C2)c1. The molecule has 2 fully saturated rings. The summed E-state index contributed by atoms with van der Waals surface area (Å²) >= 11 is 0. The number of aryl methyl sites for hydroxylation is 1. The van der Waals surface area contributed by atoms with Crippen LogP contribution in [0.2, 0.25) is 0 Å². The predicted octanol–water partition coefficient (Wildman–Crippen LogP) is -0.0408. The zero-order valence-corrected chi connectivity index (χ0v) is 14.3. The van der Waals surface area contributed by atoms with E-state index in [0.29, 0.717) is 19.0 Å². The Morgan fingerprint density at radius 3 is 2.91 bits per heavy atom. The van der Waals surface area contributed by atoms with Gasteiger partial charge in [0.2, 0.25) is 5.91 Å². The van der Waals surface area contributed by atoms with Gasteiger partial charge in [-0.1, -0.05) is 0 Å². The number of sulfone groups is 1. The Bertz CT molecular complexity index is 670. The van der Waals surface area contributed by atoms with E-state index in [-0.39, 0.29) is 23.5 Å². The Labute approximate surface area is 137 Å². The number of rotatable bonds is 5. The minimum Gasteiger partial charge on any atom is -0.351 e. The first-order valence-corrected chi connectivity index (χ1v) is 9.96. The zero-order valence-electron chi connectivity index (χ0n) is 13.4. The number of hydrogen-bond acceptors (Lipinski definition) is 5. The number of amides is 1. The Morgan fingerprint density at radius 2 is 2.26 bits per heavy atom. The molecule has 23 heavy (non-hydrogen) atoms. The van der Waals surface area contributed by atoms with Crippen LogP contribution in [0, 0.1) is 6.92 Å². The third-order valence-corrected chi connectivity index (χ3v) is 6.37. The van der Waals surface area contributed by atoms with Crippen LogP contribution in [0.15, 0.2) is 12.4 Å². The Kier molecular flexibility index (Phi) is 4.72. The van der Waals surface area contributed by atoms with E-state index in [0.717, 1.165) is 31.5 Å². The van der Waals surface area contributed by atoms with Crippen LogP contribution in [-0.4, -0.2) is 65.7 Å². The maximum absolute atomic E-state index is 12.2. The third-order valence-electron chi connectivity index (χ3n) is 4.60. The second-order valence-corrected chi connectivity index (χ2v) is 8.90. The average Bonchev–Trinajstić information content (AvgIpc) is 3.14. The largest absolute Gasteiger partial charge is 0.351 e. The second kappa shape index (κ2) is 6.60. The number of nitrogens with one attached hydrogen (secondary N) is 1. The lowest BCUT2D eigenvalue weighted by atomic mass is 10.2. The smallest absolute Gasteiger partial charge is 0.234 e. The van der Waals surface area contributed by atoms with Crippen LogP contribution in [0.4, 0.5) is 0 Å². The quantitative estimate of drug-likeness (QED) is 0.813. The first kappa shape index (κ1) is 16.4. The van der Waals surface area contributed by atoms with E-state index < -0.39 is 9.84 Å². The molecular weight excluding hydrogens is 316 g/mol. The van der Waals surface area contributed by atoms with Gasteiger partial charge in [0.1, 0.15) is 0 Å². The molecule has 8 heteroatoms. The molecule has 0 unspecified atom stereocenters. The minimum atomic E-state index is -2.96. The lowest BCUT2D eigenvalue weighted by molar-refractivity contribution is -0.123. The molecule has 0 bridgehead atoms. The molecule has 1 amide bonds. The van der Waals surface area contributed by atoms with Gasteiger partial charge in [-0.15, -0.1) is 0 Å². The fourth-order valence-corrected chi connectivity index (χ4v) is 5.13. The van der Waals surface area contributed by atoms with Crippen LogP contribution in [0.3, 0.4) is 0 Å². The maximum Gasteiger partial charge on any atom is 0.234 e. The van der Waals surface area contributed by atoms with Gasteiger partial charge in [-0.2, -0.15) is 5.10 Å². The summed E-state index contributed by atoms with van der Waals surface area (Å²) in [5.74, 6) is 0.188. The summed E-state index contributed by atoms with van der Waals surface area (Å²) in [5.41, 5.74) is 1.13. The molecule has 2 aliphatic rings. The second-order valence-electron chi connectivity index (χ2n) is 6.67. The highest BCUT2D eigenvalue weighted by Gasteiger charge is 2.31. The fourth-order valence-electron chi connectivity index (χ4n) is 3.46.